The Labute approximate surface area is 266 Å². The molecule has 0 radical (unpaired) electrons. The van der Waals surface area contributed by atoms with Gasteiger partial charge < -0.3 is 14.8 Å². The molecule has 1 heterocycles. The fourth-order valence-corrected chi connectivity index (χ4v) is 6.08. The van der Waals surface area contributed by atoms with E-state index in [1.54, 1.807) is 0 Å². The van der Waals surface area contributed by atoms with Crippen LogP contribution in [0.3, 0.4) is 0 Å². The van der Waals surface area contributed by atoms with Crippen molar-refractivity contribution in [1.82, 2.24) is 4.98 Å². The summed E-state index contributed by atoms with van der Waals surface area (Å²) in [7, 11) is 0. The smallest absolute Gasteiger partial charge is 0.265 e. The summed E-state index contributed by atoms with van der Waals surface area (Å²) in [6.45, 7) is 19.1. The SMILES string of the molecule is CCC(Oc1ccc(C(C)(C)CC)cc1C(C)(C)CC)C(=O)Nc1cc(C)c(OC(C#N)c2nc3ccccc3s2)c(C)c1. The van der Waals surface area contributed by atoms with Crippen molar-refractivity contribution in [2.45, 2.75) is 105 Å². The molecule has 0 fully saturated rings. The predicted molar refractivity (Wildman–Crippen MR) is 181 cm³/mol. The van der Waals surface area contributed by atoms with Crippen molar-refractivity contribution >= 4 is 33.1 Å². The Hall–Kier alpha value is -3.89. The first-order valence-electron chi connectivity index (χ1n) is 15.5. The van der Waals surface area contributed by atoms with Crippen LogP contribution in [0.1, 0.15) is 101 Å². The van der Waals surface area contributed by atoms with Crippen LogP contribution in [0, 0.1) is 25.2 Å². The standard InChI is InChI=1S/C37H45N3O3S/c1-10-29(42-30-18-17-25(36(6,7)11-2)21-27(30)37(8,9)12-3)34(41)39-26-19-23(4)33(24(5)20-26)43-31(22-38)35-40-28-15-13-14-16-32(28)44-35/h13-21,29,31H,10-12H2,1-9H3,(H,39,41). The molecule has 0 saturated heterocycles. The molecule has 2 unspecified atom stereocenters. The van der Waals surface area contributed by atoms with Crippen LogP contribution in [0.2, 0.25) is 0 Å². The number of rotatable bonds is 12. The Balaban J connectivity index is 1.54. The van der Waals surface area contributed by atoms with E-state index in [4.69, 9.17) is 9.47 Å². The molecule has 2 atom stereocenters. The van der Waals surface area contributed by atoms with Crippen LogP contribution in [-0.4, -0.2) is 17.0 Å². The van der Waals surface area contributed by atoms with Gasteiger partial charge in [-0.25, -0.2) is 4.98 Å². The average Bonchev–Trinajstić information content (AvgIpc) is 3.43. The first-order valence-corrected chi connectivity index (χ1v) is 16.3. The van der Waals surface area contributed by atoms with E-state index in [1.165, 1.54) is 16.9 Å². The summed E-state index contributed by atoms with van der Waals surface area (Å²) in [5, 5.41) is 13.6. The molecule has 1 aromatic heterocycles. The molecule has 0 spiro atoms. The van der Waals surface area contributed by atoms with E-state index >= 15 is 0 Å². The number of aromatic nitrogens is 1. The fourth-order valence-electron chi connectivity index (χ4n) is 5.14. The second kappa shape index (κ2) is 13.4. The third kappa shape index (κ3) is 7.08. The number of anilines is 1. The summed E-state index contributed by atoms with van der Waals surface area (Å²) in [5.41, 5.74) is 5.47. The number of carbonyl (C=O) groups excluding carboxylic acids is 1. The van der Waals surface area contributed by atoms with Crippen LogP contribution >= 0.6 is 11.3 Å². The Morgan fingerprint density at radius 1 is 0.955 bits per heavy atom. The molecule has 4 rings (SSSR count). The van der Waals surface area contributed by atoms with Gasteiger partial charge in [0.05, 0.1) is 10.2 Å². The maximum atomic E-state index is 13.5. The highest BCUT2D eigenvalue weighted by Gasteiger charge is 2.29. The molecule has 7 heteroatoms. The average molecular weight is 612 g/mol. The molecular weight excluding hydrogens is 566 g/mol. The zero-order valence-electron chi connectivity index (χ0n) is 27.5. The third-order valence-electron chi connectivity index (χ3n) is 8.81. The van der Waals surface area contributed by atoms with Gasteiger partial charge in [0, 0.05) is 11.3 Å². The number of carbonyl (C=O) groups is 1. The summed E-state index contributed by atoms with van der Waals surface area (Å²) < 4.78 is 13.7. The maximum absolute atomic E-state index is 13.5. The van der Waals surface area contributed by atoms with Crippen LogP contribution in [0.4, 0.5) is 5.69 Å². The van der Waals surface area contributed by atoms with E-state index in [1.807, 2.05) is 63.2 Å². The van der Waals surface area contributed by atoms with Gasteiger partial charge in [-0.3, -0.25) is 4.79 Å². The van der Waals surface area contributed by atoms with Gasteiger partial charge in [0.1, 0.15) is 22.6 Å². The van der Waals surface area contributed by atoms with Gasteiger partial charge in [0.2, 0.25) is 6.10 Å². The molecule has 3 aromatic carbocycles. The van der Waals surface area contributed by atoms with Crippen molar-refractivity contribution in [1.29, 1.82) is 5.26 Å². The van der Waals surface area contributed by atoms with E-state index < -0.39 is 12.2 Å². The van der Waals surface area contributed by atoms with Crippen molar-refractivity contribution in [3.8, 4) is 17.6 Å². The molecule has 0 bridgehead atoms. The molecule has 232 valence electrons. The number of nitriles is 1. The minimum atomic E-state index is -0.834. The Morgan fingerprint density at radius 3 is 2.20 bits per heavy atom. The number of nitrogens with one attached hydrogen (secondary N) is 1. The van der Waals surface area contributed by atoms with Crippen molar-refractivity contribution < 1.29 is 14.3 Å². The van der Waals surface area contributed by atoms with Gasteiger partial charge in [-0.2, -0.15) is 5.26 Å². The van der Waals surface area contributed by atoms with E-state index in [0.29, 0.717) is 22.9 Å². The second-order valence-corrected chi connectivity index (χ2v) is 13.8. The van der Waals surface area contributed by atoms with E-state index in [0.717, 1.165) is 45.5 Å². The number of fused-ring (bicyclic) bond motifs is 1. The molecule has 1 amide bonds. The lowest BCUT2D eigenvalue weighted by molar-refractivity contribution is -0.122. The Morgan fingerprint density at radius 2 is 1.61 bits per heavy atom. The number of aryl methyl sites for hydroxylation is 2. The quantitative estimate of drug-likeness (QED) is 0.172. The number of amides is 1. The summed E-state index contributed by atoms with van der Waals surface area (Å²) in [4.78, 5) is 18.1. The van der Waals surface area contributed by atoms with Gasteiger partial charge in [-0.05, 0) is 91.0 Å². The zero-order valence-corrected chi connectivity index (χ0v) is 28.3. The first-order chi connectivity index (χ1) is 20.8. The lowest BCUT2D eigenvalue weighted by Crippen LogP contribution is -2.33. The van der Waals surface area contributed by atoms with Crippen LogP contribution in [-0.2, 0) is 15.6 Å². The second-order valence-electron chi connectivity index (χ2n) is 12.8. The minimum absolute atomic E-state index is 0.0475. The summed E-state index contributed by atoms with van der Waals surface area (Å²) in [6.07, 6.45) is 0.997. The molecule has 44 heavy (non-hydrogen) atoms. The number of para-hydroxylation sites is 1. The number of thiazole rings is 1. The van der Waals surface area contributed by atoms with E-state index in [2.05, 4.69) is 70.0 Å². The molecule has 0 aliphatic carbocycles. The third-order valence-corrected chi connectivity index (χ3v) is 9.89. The summed E-state index contributed by atoms with van der Waals surface area (Å²) in [5.74, 6) is 1.16. The molecule has 6 nitrogen and oxygen atoms in total. The van der Waals surface area contributed by atoms with Crippen LogP contribution in [0.15, 0.2) is 54.6 Å². The van der Waals surface area contributed by atoms with Gasteiger partial charge in [-0.15, -0.1) is 11.3 Å². The van der Waals surface area contributed by atoms with Gasteiger partial charge >= 0.3 is 0 Å². The fraction of sp³-hybridized carbons (Fsp3) is 0.432. The van der Waals surface area contributed by atoms with E-state index in [9.17, 15) is 10.1 Å². The molecule has 0 aliphatic heterocycles. The number of ether oxygens (including phenoxy) is 2. The normalized spacial score (nSPS) is 13.3. The maximum Gasteiger partial charge on any atom is 0.265 e. The largest absolute Gasteiger partial charge is 0.480 e. The summed E-state index contributed by atoms with van der Waals surface area (Å²) >= 11 is 1.46. The lowest BCUT2D eigenvalue weighted by atomic mass is 9.76. The Bertz CT molecular complexity index is 1630. The molecule has 0 aliphatic rings. The Kier molecular flexibility index (Phi) is 10.1. The van der Waals surface area contributed by atoms with Crippen molar-refractivity contribution in [3.05, 3.63) is 81.9 Å². The highest BCUT2D eigenvalue weighted by atomic mass is 32.1. The van der Waals surface area contributed by atoms with Gasteiger partial charge in [-0.1, -0.05) is 72.7 Å². The monoisotopic (exact) mass is 611 g/mol. The lowest BCUT2D eigenvalue weighted by Gasteiger charge is -2.31. The molecular formula is C37H45N3O3S. The number of nitrogens with zero attached hydrogens (tertiary/aromatic N) is 2. The summed E-state index contributed by atoms with van der Waals surface area (Å²) in [6, 6.07) is 20.2. The van der Waals surface area contributed by atoms with Crippen molar-refractivity contribution in [3.63, 3.8) is 0 Å². The number of benzene rings is 3. The van der Waals surface area contributed by atoms with Crippen molar-refractivity contribution in [2.24, 2.45) is 0 Å². The zero-order chi connectivity index (χ0) is 32.2. The predicted octanol–water partition coefficient (Wildman–Crippen LogP) is 9.73. The van der Waals surface area contributed by atoms with Crippen LogP contribution in [0.5, 0.6) is 11.5 Å². The van der Waals surface area contributed by atoms with Crippen LogP contribution in [0.25, 0.3) is 10.2 Å². The molecule has 4 aromatic rings. The number of hydrogen-bond donors (Lipinski definition) is 1. The molecule has 0 saturated carbocycles. The molecule has 1 N–H and O–H groups in total. The van der Waals surface area contributed by atoms with Gasteiger partial charge in [0.25, 0.3) is 5.91 Å². The minimum Gasteiger partial charge on any atom is -0.480 e. The van der Waals surface area contributed by atoms with Crippen molar-refractivity contribution in [2.75, 3.05) is 5.32 Å². The van der Waals surface area contributed by atoms with Gasteiger partial charge in [0.15, 0.2) is 6.10 Å². The topological polar surface area (TPSA) is 84.2 Å². The van der Waals surface area contributed by atoms with Crippen LogP contribution < -0.4 is 14.8 Å². The number of hydrogen-bond acceptors (Lipinski definition) is 6. The van der Waals surface area contributed by atoms with E-state index in [-0.39, 0.29) is 16.7 Å². The first kappa shape index (κ1) is 33.0. The highest BCUT2D eigenvalue weighted by Crippen LogP contribution is 2.39. The highest BCUT2D eigenvalue weighted by molar-refractivity contribution is 7.18.